The molecule has 2 N–H and O–H groups in total. The number of nitrogens with one attached hydrogen (secondary N) is 1. The van der Waals surface area contributed by atoms with Crippen LogP contribution >= 0.6 is 11.3 Å². The van der Waals surface area contributed by atoms with Gasteiger partial charge in [-0.15, -0.1) is 11.3 Å². The Bertz CT molecular complexity index is 1170. The summed E-state index contributed by atoms with van der Waals surface area (Å²) in [4.78, 5) is 26.7. The normalized spacial score (nSPS) is 24.6. The highest BCUT2D eigenvalue weighted by atomic mass is 32.1. The maximum atomic E-state index is 12.3. The van der Waals surface area contributed by atoms with E-state index in [1.807, 2.05) is 59.0 Å². The lowest BCUT2D eigenvalue weighted by atomic mass is 9.66. The van der Waals surface area contributed by atoms with Crippen LogP contribution < -0.4 is 5.32 Å². The molecule has 0 amide bonds. The summed E-state index contributed by atoms with van der Waals surface area (Å²) in [6.07, 6.45) is 4.74. The Morgan fingerprint density at radius 3 is 2.62 bits per heavy atom. The van der Waals surface area contributed by atoms with Crippen molar-refractivity contribution in [1.82, 2.24) is 15.0 Å². The van der Waals surface area contributed by atoms with Gasteiger partial charge in [-0.2, -0.15) is 0 Å². The first-order valence-corrected chi connectivity index (χ1v) is 12.6. The summed E-state index contributed by atoms with van der Waals surface area (Å²) in [5.41, 5.74) is 2.82. The third-order valence-electron chi connectivity index (χ3n) is 6.66. The summed E-state index contributed by atoms with van der Waals surface area (Å²) in [5.74, 6) is -0.0213. The second-order valence-corrected chi connectivity index (χ2v) is 10.3. The standard InChI is InChI=1S/C26H32N4O3S/c1-6-33-23(31)20-11-16(3)26(32,17(4)12-20)24-28-14-22(34-24)19-9-15(2)10-21(13-19)30-25-27-8-7-18(5)29-25/h7-10,13-14,16-17,20,32H,6,11-12H2,1-5H3,(H,27,29,30). The molecule has 1 saturated carbocycles. The largest absolute Gasteiger partial charge is 0.466 e. The number of ether oxygens (including phenoxy) is 1. The molecule has 0 saturated heterocycles. The van der Waals surface area contributed by atoms with E-state index in [4.69, 9.17) is 4.74 Å². The molecular formula is C26H32N4O3S. The van der Waals surface area contributed by atoms with E-state index in [2.05, 4.69) is 26.3 Å². The second-order valence-electron chi connectivity index (χ2n) is 9.31. The van der Waals surface area contributed by atoms with Crippen LogP contribution in [0.2, 0.25) is 0 Å². The van der Waals surface area contributed by atoms with Crippen molar-refractivity contribution in [3.63, 3.8) is 0 Å². The Morgan fingerprint density at radius 2 is 1.94 bits per heavy atom. The summed E-state index contributed by atoms with van der Waals surface area (Å²) in [5, 5.41) is 15.7. The van der Waals surface area contributed by atoms with Crippen LogP contribution in [0.1, 0.15) is 49.9 Å². The van der Waals surface area contributed by atoms with Gasteiger partial charge in [0.15, 0.2) is 0 Å². The fourth-order valence-electron chi connectivity index (χ4n) is 4.90. The molecule has 7 nitrogen and oxygen atoms in total. The molecule has 0 spiro atoms. The topological polar surface area (TPSA) is 97.2 Å². The number of nitrogens with zero attached hydrogens (tertiary/aromatic N) is 3. The predicted molar refractivity (Wildman–Crippen MR) is 134 cm³/mol. The Morgan fingerprint density at radius 1 is 1.21 bits per heavy atom. The molecule has 0 bridgehead atoms. The molecule has 1 aliphatic carbocycles. The summed E-state index contributed by atoms with van der Waals surface area (Å²) < 4.78 is 5.24. The highest BCUT2D eigenvalue weighted by Gasteiger charge is 2.50. The molecule has 180 valence electrons. The summed E-state index contributed by atoms with van der Waals surface area (Å²) in [6.45, 7) is 10.2. The molecule has 2 unspecified atom stereocenters. The monoisotopic (exact) mass is 480 g/mol. The van der Waals surface area contributed by atoms with E-state index in [9.17, 15) is 9.90 Å². The van der Waals surface area contributed by atoms with Crippen LogP contribution in [0, 0.1) is 31.6 Å². The number of aromatic nitrogens is 3. The molecule has 2 heterocycles. The lowest BCUT2D eigenvalue weighted by molar-refractivity contribution is -0.158. The Hall–Kier alpha value is -2.84. The summed E-state index contributed by atoms with van der Waals surface area (Å²) in [7, 11) is 0. The van der Waals surface area contributed by atoms with E-state index < -0.39 is 5.60 Å². The molecule has 4 rings (SSSR count). The number of hydrogen-bond acceptors (Lipinski definition) is 8. The van der Waals surface area contributed by atoms with Gasteiger partial charge in [-0.25, -0.2) is 15.0 Å². The van der Waals surface area contributed by atoms with Gasteiger partial charge in [0, 0.05) is 23.8 Å². The fraction of sp³-hybridized carbons (Fsp3) is 0.462. The van der Waals surface area contributed by atoms with Crippen molar-refractivity contribution >= 4 is 28.9 Å². The average Bonchev–Trinajstić information content (AvgIpc) is 3.28. The number of thiazole rings is 1. The predicted octanol–water partition coefficient (Wildman–Crippen LogP) is 5.39. The highest BCUT2D eigenvalue weighted by Crippen LogP contribution is 2.49. The Labute approximate surface area is 204 Å². The number of benzene rings is 1. The SMILES string of the molecule is CCOC(=O)C1CC(C)C(O)(c2ncc(-c3cc(C)cc(Nc4nccc(C)n4)c3)s2)C(C)C1. The smallest absolute Gasteiger partial charge is 0.308 e. The van der Waals surface area contributed by atoms with Crippen LogP contribution in [0.3, 0.4) is 0 Å². The maximum Gasteiger partial charge on any atom is 0.308 e. The fourth-order valence-corrected chi connectivity index (χ4v) is 6.12. The van der Waals surface area contributed by atoms with Crippen molar-refractivity contribution < 1.29 is 14.6 Å². The molecule has 0 radical (unpaired) electrons. The van der Waals surface area contributed by atoms with Gasteiger partial charge in [-0.1, -0.05) is 19.9 Å². The van der Waals surface area contributed by atoms with E-state index in [0.717, 1.165) is 27.4 Å². The van der Waals surface area contributed by atoms with Crippen LogP contribution in [0.5, 0.6) is 0 Å². The molecule has 8 heteroatoms. The lowest BCUT2D eigenvalue weighted by Gasteiger charge is -2.44. The minimum absolute atomic E-state index is 0.113. The van der Waals surface area contributed by atoms with Crippen molar-refractivity contribution in [2.75, 3.05) is 11.9 Å². The highest BCUT2D eigenvalue weighted by molar-refractivity contribution is 7.15. The third-order valence-corrected chi connectivity index (χ3v) is 7.85. The minimum Gasteiger partial charge on any atom is -0.466 e. The van der Waals surface area contributed by atoms with Crippen molar-refractivity contribution in [2.24, 2.45) is 17.8 Å². The maximum absolute atomic E-state index is 12.3. The van der Waals surface area contributed by atoms with Gasteiger partial charge < -0.3 is 15.2 Å². The van der Waals surface area contributed by atoms with Gasteiger partial charge in [0.2, 0.25) is 5.95 Å². The van der Waals surface area contributed by atoms with Crippen LogP contribution in [0.4, 0.5) is 11.6 Å². The zero-order valence-corrected chi connectivity index (χ0v) is 21.1. The van der Waals surface area contributed by atoms with Gasteiger partial charge in [0.1, 0.15) is 10.6 Å². The van der Waals surface area contributed by atoms with E-state index in [0.29, 0.717) is 30.4 Å². The zero-order valence-electron chi connectivity index (χ0n) is 20.3. The number of carbonyl (C=O) groups is 1. The van der Waals surface area contributed by atoms with Crippen molar-refractivity contribution in [2.45, 2.75) is 53.1 Å². The number of hydrogen-bond donors (Lipinski definition) is 2. The molecule has 1 fully saturated rings. The molecule has 3 aromatic rings. The molecule has 1 aromatic carbocycles. The van der Waals surface area contributed by atoms with Gasteiger partial charge in [0.05, 0.1) is 17.4 Å². The first-order chi connectivity index (χ1) is 16.2. The van der Waals surface area contributed by atoms with E-state index in [1.54, 1.807) is 6.20 Å². The molecule has 2 aromatic heterocycles. The number of esters is 1. The van der Waals surface area contributed by atoms with Crippen LogP contribution in [0.15, 0.2) is 36.7 Å². The van der Waals surface area contributed by atoms with Gasteiger partial charge in [-0.05, 0) is 74.8 Å². The minimum atomic E-state index is -1.08. The summed E-state index contributed by atoms with van der Waals surface area (Å²) >= 11 is 1.51. The second kappa shape index (κ2) is 9.80. The van der Waals surface area contributed by atoms with E-state index in [-0.39, 0.29) is 23.7 Å². The molecule has 2 atom stereocenters. The third kappa shape index (κ3) is 4.83. The molecule has 1 aliphatic rings. The number of anilines is 2. The summed E-state index contributed by atoms with van der Waals surface area (Å²) in [6, 6.07) is 8.06. The van der Waals surface area contributed by atoms with Crippen molar-refractivity contribution in [1.29, 1.82) is 0 Å². The molecule has 0 aliphatic heterocycles. The molecular weight excluding hydrogens is 448 g/mol. The average molecular weight is 481 g/mol. The first kappa shape index (κ1) is 24.3. The molecule has 34 heavy (non-hydrogen) atoms. The number of rotatable bonds is 6. The van der Waals surface area contributed by atoms with E-state index >= 15 is 0 Å². The van der Waals surface area contributed by atoms with Gasteiger partial charge in [-0.3, -0.25) is 4.79 Å². The number of carbonyl (C=O) groups excluding carboxylic acids is 1. The Balaban J connectivity index is 1.58. The van der Waals surface area contributed by atoms with Gasteiger partial charge in [0.25, 0.3) is 0 Å². The van der Waals surface area contributed by atoms with Crippen LogP contribution in [-0.4, -0.2) is 32.6 Å². The zero-order chi connectivity index (χ0) is 24.5. The van der Waals surface area contributed by atoms with Gasteiger partial charge >= 0.3 is 5.97 Å². The number of aliphatic hydroxyl groups is 1. The Kier molecular flexibility index (Phi) is 7.00. The van der Waals surface area contributed by atoms with Crippen molar-refractivity contribution in [3.8, 4) is 10.4 Å². The van der Waals surface area contributed by atoms with Crippen LogP contribution in [-0.2, 0) is 15.1 Å². The van der Waals surface area contributed by atoms with Crippen molar-refractivity contribution in [3.05, 3.63) is 52.9 Å². The van der Waals surface area contributed by atoms with E-state index in [1.165, 1.54) is 11.3 Å². The van der Waals surface area contributed by atoms with Crippen LogP contribution in [0.25, 0.3) is 10.4 Å². The first-order valence-electron chi connectivity index (χ1n) is 11.7. The number of aryl methyl sites for hydroxylation is 2. The quantitative estimate of drug-likeness (QED) is 0.456. The lowest BCUT2D eigenvalue weighted by Crippen LogP contribution is -2.47.